The lowest BCUT2D eigenvalue weighted by Crippen LogP contribution is -2.41. The SMILES string of the molecule is CC(C)(C)NC(=O)CSc1nnc(-c2ccc(C(C)(C)C)cc2)n1Cc1ccco1. The standard InChI is InChI=1S/C23H30N4O2S/c1-22(2,3)17-11-9-16(10-12-17)20-25-26-21(27(20)14-18-8-7-13-29-18)30-15-19(28)24-23(4,5)6/h7-13H,14-15H2,1-6H3,(H,24,28). The second-order valence-corrected chi connectivity index (χ2v) is 10.3. The van der Waals surface area contributed by atoms with Gasteiger partial charge in [0.15, 0.2) is 11.0 Å². The molecular formula is C23H30N4O2S. The topological polar surface area (TPSA) is 73.0 Å². The quantitative estimate of drug-likeness (QED) is 0.568. The van der Waals surface area contributed by atoms with Gasteiger partial charge in [0.2, 0.25) is 5.91 Å². The Balaban J connectivity index is 1.87. The average molecular weight is 427 g/mol. The van der Waals surface area contributed by atoms with Crippen LogP contribution in [-0.4, -0.2) is 32.0 Å². The molecule has 0 atom stereocenters. The van der Waals surface area contributed by atoms with E-state index in [0.717, 1.165) is 17.1 Å². The third kappa shape index (κ3) is 5.75. The Kier molecular flexibility index (Phi) is 6.41. The number of hydrogen-bond donors (Lipinski definition) is 1. The van der Waals surface area contributed by atoms with Crippen molar-refractivity contribution in [3.05, 3.63) is 54.0 Å². The van der Waals surface area contributed by atoms with Gasteiger partial charge in [-0.05, 0) is 43.9 Å². The van der Waals surface area contributed by atoms with Crippen LogP contribution < -0.4 is 5.32 Å². The van der Waals surface area contributed by atoms with Crippen molar-refractivity contribution in [1.29, 1.82) is 0 Å². The molecule has 0 radical (unpaired) electrons. The molecule has 0 aliphatic rings. The van der Waals surface area contributed by atoms with Crippen molar-refractivity contribution in [3.8, 4) is 11.4 Å². The van der Waals surface area contributed by atoms with E-state index >= 15 is 0 Å². The van der Waals surface area contributed by atoms with Crippen LogP contribution in [0, 0.1) is 0 Å². The van der Waals surface area contributed by atoms with E-state index in [1.54, 1.807) is 6.26 Å². The molecule has 0 bridgehead atoms. The molecule has 2 heterocycles. The fourth-order valence-electron chi connectivity index (χ4n) is 3.01. The number of benzene rings is 1. The number of carbonyl (C=O) groups is 1. The van der Waals surface area contributed by atoms with Gasteiger partial charge in [-0.1, -0.05) is 56.8 Å². The van der Waals surface area contributed by atoms with Gasteiger partial charge in [-0.15, -0.1) is 10.2 Å². The predicted octanol–water partition coefficient (Wildman–Crippen LogP) is 4.89. The van der Waals surface area contributed by atoms with Crippen LogP contribution in [0.25, 0.3) is 11.4 Å². The predicted molar refractivity (Wildman–Crippen MR) is 121 cm³/mol. The number of thioether (sulfide) groups is 1. The normalized spacial score (nSPS) is 12.2. The largest absolute Gasteiger partial charge is 0.467 e. The number of aromatic nitrogens is 3. The van der Waals surface area contributed by atoms with Gasteiger partial charge >= 0.3 is 0 Å². The van der Waals surface area contributed by atoms with Gasteiger partial charge in [-0.25, -0.2) is 0 Å². The first-order valence-corrected chi connectivity index (χ1v) is 11.0. The highest BCUT2D eigenvalue weighted by molar-refractivity contribution is 7.99. The van der Waals surface area contributed by atoms with Crippen molar-refractivity contribution in [2.45, 2.75) is 64.2 Å². The first-order chi connectivity index (χ1) is 14.0. The number of hydrogen-bond acceptors (Lipinski definition) is 5. The molecule has 0 aliphatic carbocycles. The lowest BCUT2D eigenvalue weighted by atomic mass is 9.87. The molecule has 1 aromatic carbocycles. The zero-order chi connectivity index (χ0) is 21.9. The molecule has 1 amide bonds. The zero-order valence-electron chi connectivity index (χ0n) is 18.5. The minimum atomic E-state index is -0.264. The second kappa shape index (κ2) is 8.68. The van der Waals surface area contributed by atoms with Gasteiger partial charge in [0.25, 0.3) is 0 Å². The maximum atomic E-state index is 12.3. The summed E-state index contributed by atoms with van der Waals surface area (Å²) in [5, 5.41) is 12.5. The summed E-state index contributed by atoms with van der Waals surface area (Å²) >= 11 is 1.38. The fourth-order valence-corrected chi connectivity index (χ4v) is 3.75. The van der Waals surface area contributed by atoms with Gasteiger partial charge in [-0.3, -0.25) is 9.36 Å². The molecular weight excluding hydrogens is 396 g/mol. The lowest BCUT2D eigenvalue weighted by molar-refractivity contribution is -0.119. The van der Waals surface area contributed by atoms with Gasteiger partial charge in [-0.2, -0.15) is 0 Å². The molecule has 0 spiro atoms. The smallest absolute Gasteiger partial charge is 0.230 e. The van der Waals surface area contributed by atoms with Crippen molar-refractivity contribution in [2.24, 2.45) is 0 Å². The summed E-state index contributed by atoms with van der Waals surface area (Å²) in [6, 6.07) is 12.2. The molecule has 30 heavy (non-hydrogen) atoms. The third-order valence-corrected chi connectivity index (χ3v) is 5.43. The van der Waals surface area contributed by atoms with E-state index in [1.807, 2.05) is 37.5 Å². The van der Waals surface area contributed by atoms with Crippen LogP contribution in [0.3, 0.4) is 0 Å². The summed E-state index contributed by atoms with van der Waals surface area (Å²) in [5.74, 6) is 1.81. The Bertz CT molecular complexity index is 978. The number of carbonyl (C=O) groups excluding carboxylic acids is 1. The van der Waals surface area contributed by atoms with Gasteiger partial charge < -0.3 is 9.73 Å². The van der Waals surface area contributed by atoms with Crippen molar-refractivity contribution in [1.82, 2.24) is 20.1 Å². The molecule has 0 saturated heterocycles. The van der Waals surface area contributed by atoms with Crippen molar-refractivity contribution >= 4 is 17.7 Å². The highest BCUT2D eigenvalue weighted by atomic mass is 32.2. The molecule has 0 fully saturated rings. The number of amides is 1. The Morgan fingerprint density at radius 2 is 1.77 bits per heavy atom. The second-order valence-electron chi connectivity index (χ2n) is 9.39. The highest BCUT2D eigenvalue weighted by Crippen LogP contribution is 2.28. The van der Waals surface area contributed by atoms with Crippen LogP contribution in [0.2, 0.25) is 0 Å². The van der Waals surface area contributed by atoms with Crippen LogP contribution in [0.4, 0.5) is 0 Å². The first-order valence-electron chi connectivity index (χ1n) is 10.0. The van der Waals surface area contributed by atoms with E-state index in [2.05, 4.69) is 60.6 Å². The lowest BCUT2D eigenvalue weighted by Gasteiger charge is -2.20. The molecule has 3 aromatic rings. The third-order valence-electron chi connectivity index (χ3n) is 4.47. The maximum absolute atomic E-state index is 12.3. The molecule has 0 saturated carbocycles. The Morgan fingerprint density at radius 3 is 2.33 bits per heavy atom. The Hall–Kier alpha value is -2.54. The monoisotopic (exact) mass is 426 g/mol. The summed E-state index contributed by atoms with van der Waals surface area (Å²) in [7, 11) is 0. The molecule has 0 aliphatic heterocycles. The van der Waals surface area contributed by atoms with Crippen molar-refractivity contribution in [3.63, 3.8) is 0 Å². The Labute approximate surface area is 182 Å². The molecule has 0 unspecified atom stereocenters. The summed E-state index contributed by atoms with van der Waals surface area (Å²) in [5.41, 5.74) is 2.06. The summed E-state index contributed by atoms with van der Waals surface area (Å²) in [6.07, 6.45) is 1.65. The van der Waals surface area contributed by atoms with Crippen LogP contribution >= 0.6 is 11.8 Å². The molecule has 2 aromatic heterocycles. The zero-order valence-corrected chi connectivity index (χ0v) is 19.3. The van der Waals surface area contributed by atoms with E-state index in [1.165, 1.54) is 17.3 Å². The van der Waals surface area contributed by atoms with E-state index in [0.29, 0.717) is 11.7 Å². The molecule has 160 valence electrons. The minimum Gasteiger partial charge on any atom is -0.467 e. The molecule has 3 rings (SSSR count). The number of nitrogens with zero attached hydrogens (tertiary/aromatic N) is 3. The fraction of sp³-hybridized carbons (Fsp3) is 0.435. The first kappa shape index (κ1) is 22.2. The van der Waals surface area contributed by atoms with Gasteiger partial charge in [0.1, 0.15) is 5.76 Å². The van der Waals surface area contributed by atoms with E-state index in [9.17, 15) is 4.79 Å². The van der Waals surface area contributed by atoms with Crippen molar-refractivity contribution in [2.75, 3.05) is 5.75 Å². The number of furan rings is 1. The minimum absolute atomic E-state index is 0.0314. The molecule has 1 N–H and O–H groups in total. The average Bonchev–Trinajstić information content (AvgIpc) is 3.28. The Morgan fingerprint density at radius 1 is 1.07 bits per heavy atom. The number of nitrogens with one attached hydrogen (secondary N) is 1. The van der Waals surface area contributed by atoms with Crippen LogP contribution in [0.5, 0.6) is 0 Å². The van der Waals surface area contributed by atoms with Crippen LogP contribution in [0.15, 0.2) is 52.2 Å². The van der Waals surface area contributed by atoms with E-state index < -0.39 is 0 Å². The van der Waals surface area contributed by atoms with Crippen molar-refractivity contribution < 1.29 is 9.21 Å². The molecule has 7 heteroatoms. The molecule has 6 nitrogen and oxygen atoms in total. The van der Waals surface area contributed by atoms with Gasteiger partial charge in [0, 0.05) is 11.1 Å². The highest BCUT2D eigenvalue weighted by Gasteiger charge is 2.20. The van der Waals surface area contributed by atoms with E-state index in [-0.39, 0.29) is 22.6 Å². The van der Waals surface area contributed by atoms with Crippen LogP contribution in [0.1, 0.15) is 52.9 Å². The summed E-state index contributed by atoms with van der Waals surface area (Å²) in [4.78, 5) is 12.3. The van der Waals surface area contributed by atoms with E-state index in [4.69, 9.17) is 4.42 Å². The van der Waals surface area contributed by atoms with Crippen LogP contribution in [-0.2, 0) is 16.8 Å². The number of rotatable bonds is 6. The van der Waals surface area contributed by atoms with Gasteiger partial charge in [0.05, 0.1) is 18.6 Å². The summed E-state index contributed by atoms with van der Waals surface area (Å²) in [6.45, 7) is 13.0. The maximum Gasteiger partial charge on any atom is 0.230 e. The summed E-state index contributed by atoms with van der Waals surface area (Å²) < 4.78 is 7.54.